The Morgan fingerprint density at radius 2 is 1.96 bits per heavy atom. The van der Waals surface area contributed by atoms with Crippen LogP contribution in [0.4, 0.5) is 4.39 Å². The van der Waals surface area contributed by atoms with Gasteiger partial charge in [-0.05, 0) is 56.1 Å². The Morgan fingerprint density at radius 3 is 2.65 bits per heavy atom. The number of aryl methyl sites for hydroxylation is 1. The summed E-state index contributed by atoms with van der Waals surface area (Å²) in [6.45, 7) is 4.57. The fraction of sp³-hybridized carbons (Fsp3) is 0.381. The molecule has 0 aliphatic carbocycles. The van der Waals surface area contributed by atoms with Crippen molar-refractivity contribution in [2.45, 2.75) is 25.8 Å². The highest BCUT2D eigenvalue weighted by molar-refractivity contribution is 6.31. The summed E-state index contributed by atoms with van der Waals surface area (Å²) in [5.41, 5.74) is 2.02. The normalized spacial score (nSPS) is 16.0. The van der Waals surface area contributed by atoms with Gasteiger partial charge in [0.25, 0.3) is 0 Å². The van der Waals surface area contributed by atoms with Gasteiger partial charge in [-0.3, -0.25) is 9.69 Å². The van der Waals surface area contributed by atoms with Crippen LogP contribution in [0.1, 0.15) is 40.4 Å². The Kier molecular flexibility index (Phi) is 6.41. The molecule has 1 heterocycles. The number of hydrogen-bond acceptors (Lipinski definition) is 3. The number of rotatable bonds is 7. The standard InChI is InChI=1S/C21H24ClFN2O/c1-15-8-9-16(12-19(15)23)21(26)14-24-13-20(25-10-4-5-11-25)17-6-2-3-7-18(17)22/h2-3,6-9,12,20,24H,4-5,10-11,13-14H2,1H3. The van der Waals surface area contributed by atoms with E-state index in [0.717, 1.165) is 23.7 Å². The molecule has 0 spiro atoms. The zero-order valence-electron chi connectivity index (χ0n) is 15.0. The van der Waals surface area contributed by atoms with E-state index in [2.05, 4.69) is 10.2 Å². The fourth-order valence-corrected chi connectivity index (χ4v) is 3.69. The van der Waals surface area contributed by atoms with Gasteiger partial charge >= 0.3 is 0 Å². The molecule has 3 nitrogen and oxygen atoms in total. The van der Waals surface area contributed by atoms with Crippen molar-refractivity contribution in [3.8, 4) is 0 Å². The third-order valence-electron chi connectivity index (χ3n) is 4.96. The predicted molar refractivity (Wildman–Crippen MR) is 103 cm³/mol. The number of likely N-dealkylation sites (tertiary alicyclic amines) is 1. The molecule has 5 heteroatoms. The van der Waals surface area contributed by atoms with Crippen molar-refractivity contribution >= 4 is 17.4 Å². The lowest BCUT2D eigenvalue weighted by Gasteiger charge is -2.29. The smallest absolute Gasteiger partial charge is 0.176 e. The molecule has 138 valence electrons. The van der Waals surface area contributed by atoms with Crippen molar-refractivity contribution in [2.24, 2.45) is 0 Å². The Hall–Kier alpha value is -1.75. The number of ketones is 1. The van der Waals surface area contributed by atoms with Gasteiger partial charge in [-0.25, -0.2) is 4.39 Å². The summed E-state index contributed by atoms with van der Waals surface area (Å²) in [7, 11) is 0. The van der Waals surface area contributed by atoms with Gasteiger partial charge < -0.3 is 5.32 Å². The third-order valence-corrected chi connectivity index (χ3v) is 5.31. The molecule has 3 rings (SSSR count). The van der Waals surface area contributed by atoms with Gasteiger partial charge in [-0.2, -0.15) is 0 Å². The van der Waals surface area contributed by atoms with E-state index in [4.69, 9.17) is 11.6 Å². The molecule has 1 atom stereocenters. The van der Waals surface area contributed by atoms with E-state index in [1.165, 1.54) is 18.9 Å². The zero-order valence-corrected chi connectivity index (χ0v) is 15.7. The van der Waals surface area contributed by atoms with E-state index < -0.39 is 0 Å². The minimum Gasteiger partial charge on any atom is -0.308 e. The van der Waals surface area contributed by atoms with Crippen molar-refractivity contribution in [3.05, 3.63) is 70.0 Å². The van der Waals surface area contributed by atoms with Crippen molar-refractivity contribution in [2.75, 3.05) is 26.2 Å². The number of nitrogens with one attached hydrogen (secondary N) is 1. The number of hydrogen-bond donors (Lipinski definition) is 1. The molecule has 1 fully saturated rings. The SMILES string of the molecule is Cc1ccc(C(=O)CNCC(c2ccccc2Cl)N2CCCC2)cc1F. The molecular formula is C21H24ClFN2O. The number of nitrogens with zero attached hydrogens (tertiary/aromatic N) is 1. The molecule has 2 aromatic rings. The van der Waals surface area contributed by atoms with Crippen molar-refractivity contribution in [1.82, 2.24) is 10.2 Å². The first-order valence-corrected chi connectivity index (χ1v) is 9.42. The summed E-state index contributed by atoms with van der Waals surface area (Å²) in [5, 5.41) is 4.00. The molecule has 2 aromatic carbocycles. The van der Waals surface area contributed by atoms with Gasteiger partial charge in [0.15, 0.2) is 5.78 Å². The Morgan fingerprint density at radius 1 is 1.23 bits per heavy atom. The molecule has 0 aromatic heterocycles. The van der Waals surface area contributed by atoms with Crippen LogP contribution in [-0.4, -0.2) is 36.9 Å². The van der Waals surface area contributed by atoms with Gasteiger partial charge in [0.2, 0.25) is 0 Å². The van der Waals surface area contributed by atoms with E-state index in [9.17, 15) is 9.18 Å². The maximum Gasteiger partial charge on any atom is 0.176 e. The van der Waals surface area contributed by atoms with Gasteiger partial charge in [0.05, 0.1) is 6.54 Å². The first-order chi connectivity index (χ1) is 12.6. The monoisotopic (exact) mass is 374 g/mol. The first-order valence-electron chi connectivity index (χ1n) is 9.05. The molecule has 1 unspecified atom stereocenters. The number of halogens is 2. The minimum atomic E-state index is -0.345. The lowest BCUT2D eigenvalue weighted by Crippen LogP contribution is -2.36. The van der Waals surface area contributed by atoms with E-state index in [1.54, 1.807) is 19.1 Å². The van der Waals surface area contributed by atoms with E-state index in [1.807, 2.05) is 24.3 Å². The van der Waals surface area contributed by atoms with E-state index in [-0.39, 0.29) is 24.2 Å². The average molecular weight is 375 g/mol. The highest BCUT2D eigenvalue weighted by Gasteiger charge is 2.25. The topological polar surface area (TPSA) is 32.3 Å². The molecule has 0 saturated carbocycles. The second-order valence-corrected chi connectivity index (χ2v) is 7.21. The van der Waals surface area contributed by atoms with E-state index >= 15 is 0 Å². The van der Waals surface area contributed by atoms with Crippen LogP contribution in [0.25, 0.3) is 0 Å². The summed E-state index contributed by atoms with van der Waals surface area (Å²) in [6, 6.07) is 12.6. The highest BCUT2D eigenvalue weighted by Crippen LogP contribution is 2.29. The Labute approximate surface area is 159 Å². The van der Waals surface area contributed by atoms with Crippen LogP contribution < -0.4 is 5.32 Å². The molecule has 1 aliphatic rings. The molecule has 0 bridgehead atoms. The van der Waals surface area contributed by atoms with Crippen LogP contribution in [0.2, 0.25) is 5.02 Å². The van der Waals surface area contributed by atoms with E-state index in [0.29, 0.717) is 17.7 Å². The largest absolute Gasteiger partial charge is 0.308 e. The quantitative estimate of drug-likeness (QED) is 0.729. The molecule has 1 N–H and O–H groups in total. The number of carbonyl (C=O) groups is 1. The fourth-order valence-electron chi connectivity index (χ4n) is 3.43. The molecular weight excluding hydrogens is 351 g/mol. The first kappa shape index (κ1) is 19.0. The lowest BCUT2D eigenvalue weighted by atomic mass is 10.0. The minimum absolute atomic E-state index is 0.108. The van der Waals surface area contributed by atoms with Crippen LogP contribution in [0.5, 0.6) is 0 Å². The van der Waals surface area contributed by atoms with Gasteiger partial charge in [-0.15, -0.1) is 0 Å². The van der Waals surface area contributed by atoms with Crippen LogP contribution in [0.15, 0.2) is 42.5 Å². The Balaban J connectivity index is 1.65. The second kappa shape index (κ2) is 8.76. The third kappa shape index (κ3) is 4.50. The Bertz CT molecular complexity index is 774. The molecule has 1 saturated heterocycles. The lowest BCUT2D eigenvalue weighted by molar-refractivity contribution is 0.0987. The average Bonchev–Trinajstić information content (AvgIpc) is 3.16. The van der Waals surface area contributed by atoms with Crippen LogP contribution >= 0.6 is 11.6 Å². The van der Waals surface area contributed by atoms with Crippen molar-refractivity contribution in [3.63, 3.8) is 0 Å². The molecule has 0 radical (unpaired) electrons. The molecule has 1 aliphatic heterocycles. The second-order valence-electron chi connectivity index (χ2n) is 6.80. The van der Waals surface area contributed by atoms with Crippen molar-refractivity contribution < 1.29 is 9.18 Å². The summed E-state index contributed by atoms with van der Waals surface area (Å²) >= 11 is 6.40. The maximum atomic E-state index is 13.7. The molecule has 0 amide bonds. The predicted octanol–water partition coefficient (Wildman–Crippen LogP) is 4.40. The summed E-state index contributed by atoms with van der Waals surface area (Å²) in [4.78, 5) is 14.8. The van der Waals surface area contributed by atoms with Crippen molar-refractivity contribution in [1.29, 1.82) is 0 Å². The van der Waals surface area contributed by atoms with Crippen LogP contribution in [-0.2, 0) is 0 Å². The van der Waals surface area contributed by atoms with Crippen LogP contribution in [0, 0.1) is 12.7 Å². The van der Waals surface area contributed by atoms with Gasteiger partial charge in [0.1, 0.15) is 5.82 Å². The number of benzene rings is 2. The van der Waals surface area contributed by atoms with Crippen LogP contribution in [0.3, 0.4) is 0 Å². The number of carbonyl (C=O) groups excluding carboxylic acids is 1. The van der Waals surface area contributed by atoms with Gasteiger partial charge in [0, 0.05) is 23.2 Å². The number of Topliss-reactive ketones (excluding diaryl/α,β-unsaturated/α-hetero) is 1. The highest BCUT2D eigenvalue weighted by atomic mass is 35.5. The maximum absolute atomic E-state index is 13.7. The summed E-state index contributed by atoms with van der Waals surface area (Å²) in [6.07, 6.45) is 2.37. The molecule has 26 heavy (non-hydrogen) atoms. The van der Waals surface area contributed by atoms with Gasteiger partial charge in [-0.1, -0.05) is 41.9 Å². The summed E-state index contributed by atoms with van der Waals surface area (Å²) in [5.74, 6) is -0.454. The zero-order chi connectivity index (χ0) is 18.5. The summed E-state index contributed by atoms with van der Waals surface area (Å²) < 4.78 is 13.7.